The highest BCUT2D eigenvalue weighted by molar-refractivity contribution is 8.29. The topological polar surface area (TPSA) is 102 Å². The van der Waals surface area contributed by atoms with Crippen molar-refractivity contribution in [3.05, 3.63) is 3.91 Å². The van der Waals surface area contributed by atoms with Gasteiger partial charge in [-0.15, -0.1) is 0 Å². The molecule has 0 aliphatic carbocycles. The molecule has 0 radical (unpaired) electrons. The molecule has 0 aliphatic rings. The summed E-state index contributed by atoms with van der Waals surface area (Å²) in [5, 5.41) is 0. The highest BCUT2D eigenvalue weighted by Gasteiger charge is 2.57. The Morgan fingerprint density at radius 2 is 0.895 bits per heavy atom. The molecule has 0 spiro atoms. The van der Waals surface area contributed by atoms with Crippen LogP contribution in [0.1, 0.15) is 0 Å². The predicted octanol–water partition coefficient (Wildman–Crippen LogP) is 0.347. The van der Waals surface area contributed by atoms with Crippen LogP contribution in [-0.4, -0.2) is 42.5 Å². The maximum absolute atomic E-state index is 12.0. The lowest BCUT2D eigenvalue weighted by Gasteiger charge is -2.29. The minimum absolute atomic E-state index is 0.408. The third-order valence-electron chi connectivity index (χ3n) is 1.35. The molecule has 0 N–H and O–H groups in total. The minimum atomic E-state index is -7.22. The number of alkyl halides is 6. The maximum Gasteiger partial charge on any atom is 0.470 e. The molecule has 0 fully saturated rings. The fraction of sp³-hybridized carbons (Fsp3) is 0.750. The van der Waals surface area contributed by atoms with E-state index >= 15 is 0 Å². The smallest absolute Gasteiger partial charge is 0.260 e. The molecule has 19 heavy (non-hydrogen) atoms. The van der Waals surface area contributed by atoms with Crippen LogP contribution in [0, 0.1) is 3.91 Å². The van der Waals surface area contributed by atoms with Gasteiger partial charge in [0.25, 0.3) is 0 Å². The molecule has 0 saturated carbocycles. The van der Waals surface area contributed by atoms with Gasteiger partial charge in [0.2, 0.25) is 0 Å². The lowest BCUT2D eigenvalue weighted by atomic mass is 11.5. The highest BCUT2D eigenvalue weighted by atomic mass is 32.3. The van der Waals surface area contributed by atoms with Gasteiger partial charge in [0.05, 0.1) is 13.8 Å². The van der Waals surface area contributed by atoms with Crippen LogP contribution < -0.4 is 0 Å². The van der Waals surface area contributed by atoms with E-state index in [0.717, 1.165) is 0 Å². The summed E-state index contributed by atoms with van der Waals surface area (Å²) >= 11 is 0. The largest absolute Gasteiger partial charge is 0.470 e. The first-order chi connectivity index (χ1) is 7.87. The second-order valence-corrected chi connectivity index (χ2v) is 9.40. The van der Waals surface area contributed by atoms with Crippen molar-refractivity contribution in [1.82, 2.24) is 0 Å². The van der Waals surface area contributed by atoms with E-state index in [0.29, 0.717) is 0 Å². The molecule has 0 aromatic rings. The van der Waals surface area contributed by atoms with Crippen LogP contribution in [0.2, 0.25) is 0 Å². The van der Waals surface area contributed by atoms with Crippen molar-refractivity contribution in [2.24, 2.45) is 0 Å². The van der Waals surface area contributed by atoms with Gasteiger partial charge in [-0.2, -0.15) is 26.3 Å². The fourth-order valence-electron chi connectivity index (χ4n) is 0.732. The summed E-state index contributed by atoms with van der Waals surface area (Å²) in [6.45, 7) is 0. The van der Waals surface area contributed by atoms with Crippen molar-refractivity contribution >= 4 is 29.5 Å². The molecule has 0 aliphatic heterocycles. The van der Waals surface area contributed by atoms with E-state index in [1.165, 1.54) is 0 Å². The first-order valence-electron chi connectivity index (χ1n) is 3.56. The first kappa shape index (κ1) is 18.4. The van der Waals surface area contributed by atoms with Crippen LogP contribution in [0.25, 0.3) is 0 Å². The average Bonchev–Trinajstić information content (AvgIpc) is 1.93. The molecule has 6 nitrogen and oxygen atoms in total. The van der Waals surface area contributed by atoms with Gasteiger partial charge < -0.3 is 0 Å². The average molecular weight is 357 g/mol. The van der Waals surface area contributed by atoms with Gasteiger partial charge in [-0.25, -0.2) is 0 Å². The third kappa shape index (κ3) is 3.31. The minimum Gasteiger partial charge on any atom is -0.260 e. The van der Waals surface area contributed by atoms with Crippen LogP contribution in [0.15, 0.2) is 0 Å². The number of halogens is 6. The van der Waals surface area contributed by atoms with E-state index in [1.54, 1.807) is 0 Å². The van der Waals surface area contributed by atoms with E-state index in [-0.39, 0.29) is 0 Å². The summed E-state index contributed by atoms with van der Waals surface area (Å²) in [5.74, 6) is 0. The van der Waals surface area contributed by atoms with E-state index in [2.05, 4.69) is 0 Å². The Balaban J connectivity index is 6.59. The SMILES string of the molecule is CS(=O)(=O)[C-](S(=O)(=O)C(F)(F)F)S(=O)(=O)C(F)(F)F. The number of hydrogen-bond donors (Lipinski definition) is 0. The van der Waals surface area contributed by atoms with Crippen LogP contribution in [0.4, 0.5) is 26.3 Å². The summed E-state index contributed by atoms with van der Waals surface area (Å²) in [5.41, 5.74) is -13.0. The van der Waals surface area contributed by atoms with Gasteiger partial charge in [0.1, 0.15) is 0 Å². The molecule has 15 heteroatoms. The second kappa shape index (κ2) is 4.47. The molecule has 0 bridgehead atoms. The second-order valence-electron chi connectivity index (χ2n) is 2.92. The molecular weight excluding hydrogens is 354 g/mol. The van der Waals surface area contributed by atoms with Crippen LogP contribution in [-0.2, 0) is 29.5 Å². The summed E-state index contributed by atoms with van der Waals surface area (Å²) in [7, 11) is -20.3. The zero-order valence-corrected chi connectivity index (χ0v) is 10.9. The van der Waals surface area contributed by atoms with Crippen LogP contribution >= 0.6 is 0 Å². The monoisotopic (exact) mass is 357 g/mol. The Bertz CT molecular complexity index is 605. The van der Waals surface area contributed by atoms with Gasteiger partial charge in [-0.3, -0.25) is 25.3 Å². The van der Waals surface area contributed by atoms with Crippen LogP contribution in [0.5, 0.6) is 0 Å². The van der Waals surface area contributed by atoms with Crippen molar-refractivity contribution in [2.45, 2.75) is 11.0 Å². The van der Waals surface area contributed by atoms with E-state index in [1.807, 2.05) is 0 Å². The maximum atomic E-state index is 12.0. The molecule has 0 amide bonds. The van der Waals surface area contributed by atoms with E-state index in [9.17, 15) is 51.6 Å². The molecule has 0 aromatic heterocycles. The Labute approximate surface area is 103 Å². The number of sulfone groups is 3. The van der Waals surface area contributed by atoms with Gasteiger partial charge in [0, 0.05) is 6.26 Å². The molecular formula is C4H3F6O6S3-. The molecule has 116 valence electrons. The summed E-state index contributed by atoms with van der Waals surface area (Å²) in [6, 6.07) is 0. The molecule has 0 atom stereocenters. The van der Waals surface area contributed by atoms with Gasteiger partial charge in [-0.1, -0.05) is 0 Å². The lowest BCUT2D eigenvalue weighted by Crippen LogP contribution is -2.42. The Morgan fingerprint density at radius 3 is 1.00 bits per heavy atom. The van der Waals surface area contributed by atoms with Crippen molar-refractivity contribution < 1.29 is 51.6 Å². The van der Waals surface area contributed by atoms with Crippen LogP contribution in [0.3, 0.4) is 0 Å². The normalized spacial score (nSPS) is 15.8. The predicted molar refractivity (Wildman–Crippen MR) is 48.0 cm³/mol. The molecule has 0 heterocycles. The lowest BCUT2D eigenvalue weighted by molar-refractivity contribution is -0.0449. The molecule has 0 rings (SSSR count). The summed E-state index contributed by atoms with van der Waals surface area (Å²) < 4.78 is 133. The van der Waals surface area contributed by atoms with Gasteiger partial charge in [-0.05, 0) is 0 Å². The molecule has 0 unspecified atom stereocenters. The fourth-order valence-corrected chi connectivity index (χ4v) is 6.59. The quantitative estimate of drug-likeness (QED) is 0.533. The van der Waals surface area contributed by atoms with Crippen molar-refractivity contribution in [3.8, 4) is 0 Å². The Kier molecular flexibility index (Phi) is 4.34. The number of hydrogen-bond acceptors (Lipinski definition) is 6. The molecule has 0 saturated heterocycles. The Hall–Kier alpha value is -0.570. The summed E-state index contributed by atoms with van der Waals surface area (Å²) in [6.07, 6.45) is -0.408. The zero-order chi connectivity index (χ0) is 16.1. The van der Waals surface area contributed by atoms with Crippen molar-refractivity contribution in [2.75, 3.05) is 6.26 Å². The zero-order valence-electron chi connectivity index (χ0n) is 8.44. The number of rotatable bonds is 3. The highest BCUT2D eigenvalue weighted by Crippen LogP contribution is 2.42. The standard InChI is InChI=1S/C4H3F6O6S3/c1-17(11,12)2(18(13,14)3(5,6)7)19(15,16)4(8,9)10/h1H3/q-1. The van der Waals surface area contributed by atoms with Gasteiger partial charge in [0.15, 0.2) is 19.7 Å². The third-order valence-corrected chi connectivity index (χ3v) is 8.50. The van der Waals surface area contributed by atoms with Crippen molar-refractivity contribution in [1.29, 1.82) is 0 Å². The first-order valence-corrected chi connectivity index (χ1v) is 8.42. The van der Waals surface area contributed by atoms with Gasteiger partial charge >= 0.3 is 11.0 Å². The van der Waals surface area contributed by atoms with Crippen molar-refractivity contribution in [3.63, 3.8) is 0 Å². The van der Waals surface area contributed by atoms with E-state index in [4.69, 9.17) is 0 Å². The molecule has 0 aromatic carbocycles. The Morgan fingerprint density at radius 1 is 0.684 bits per heavy atom. The van der Waals surface area contributed by atoms with E-state index < -0.39 is 50.7 Å². The summed E-state index contributed by atoms with van der Waals surface area (Å²) in [4.78, 5) is 0.